The van der Waals surface area contributed by atoms with Gasteiger partial charge in [-0.15, -0.1) is 0 Å². The van der Waals surface area contributed by atoms with Gasteiger partial charge in [-0.3, -0.25) is 4.79 Å². The van der Waals surface area contributed by atoms with E-state index in [2.05, 4.69) is 15.5 Å². The first-order valence-electron chi connectivity index (χ1n) is 5.07. The Bertz CT molecular complexity index is 497. The molecule has 0 saturated carbocycles. The number of rotatable bonds is 3. The number of anilines is 1. The van der Waals surface area contributed by atoms with Crippen LogP contribution in [0, 0.1) is 0 Å². The lowest BCUT2D eigenvalue weighted by Crippen LogP contribution is -2.12. The van der Waals surface area contributed by atoms with E-state index in [9.17, 15) is 4.79 Å². The molecule has 0 aliphatic rings. The normalized spacial score (nSPS) is 9.94. The maximum absolute atomic E-state index is 11.7. The highest BCUT2D eigenvalue weighted by Crippen LogP contribution is 2.10. The summed E-state index contributed by atoms with van der Waals surface area (Å²) in [7, 11) is 0. The minimum absolute atomic E-state index is 0.0114. The zero-order valence-electron chi connectivity index (χ0n) is 9.00. The molecule has 0 spiro atoms. The molecule has 0 aliphatic heterocycles. The molecule has 1 aromatic heterocycles. The van der Waals surface area contributed by atoms with E-state index in [-0.39, 0.29) is 12.5 Å². The van der Waals surface area contributed by atoms with Crippen molar-refractivity contribution in [2.75, 3.05) is 5.32 Å². The Balaban J connectivity index is 2.08. The Kier molecular flexibility index (Phi) is 3.42. The Morgan fingerprint density at radius 3 is 2.53 bits per heavy atom. The lowest BCUT2D eigenvalue weighted by molar-refractivity contribution is 0.102. The van der Waals surface area contributed by atoms with Crippen LogP contribution in [0.1, 0.15) is 15.9 Å². The number of benzene rings is 1. The van der Waals surface area contributed by atoms with Crippen molar-refractivity contribution in [2.24, 2.45) is 0 Å². The van der Waals surface area contributed by atoms with Crippen molar-refractivity contribution in [3.63, 3.8) is 0 Å². The Hall–Kier alpha value is -2.27. The van der Waals surface area contributed by atoms with Crippen molar-refractivity contribution in [3.8, 4) is 0 Å². The number of nitrogens with zero attached hydrogens (tertiary/aromatic N) is 2. The number of nitrogens with one attached hydrogen (secondary N) is 1. The lowest BCUT2D eigenvalue weighted by Gasteiger charge is -2.05. The summed E-state index contributed by atoms with van der Waals surface area (Å²) in [6, 6.07) is 8.56. The van der Waals surface area contributed by atoms with Crippen LogP contribution in [-0.4, -0.2) is 21.2 Å². The summed E-state index contributed by atoms with van der Waals surface area (Å²) in [6.07, 6.45) is 2.86. The molecule has 0 unspecified atom stereocenters. The first kappa shape index (κ1) is 11.2. The van der Waals surface area contributed by atoms with E-state index >= 15 is 0 Å². The van der Waals surface area contributed by atoms with Crippen LogP contribution in [-0.2, 0) is 6.61 Å². The monoisotopic (exact) mass is 229 g/mol. The molecule has 2 N–H and O–H groups in total. The van der Waals surface area contributed by atoms with Gasteiger partial charge in [0.25, 0.3) is 5.91 Å². The number of carbonyl (C=O) groups excluding carboxylic acids is 1. The Morgan fingerprint density at radius 1 is 1.18 bits per heavy atom. The van der Waals surface area contributed by atoms with Crippen molar-refractivity contribution < 1.29 is 9.90 Å². The topological polar surface area (TPSA) is 75.1 Å². The van der Waals surface area contributed by atoms with Crippen LogP contribution in [0.15, 0.2) is 42.7 Å². The summed E-state index contributed by atoms with van der Waals surface area (Å²) in [5, 5.41) is 18.8. The van der Waals surface area contributed by atoms with E-state index in [4.69, 9.17) is 5.11 Å². The molecule has 2 rings (SSSR count). The van der Waals surface area contributed by atoms with Crippen molar-refractivity contribution in [3.05, 3.63) is 53.9 Å². The summed E-state index contributed by atoms with van der Waals surface area (Å²) in [4.78, 5) is 11.7. The third-order valence-electron chi connectivity index (χ3n) is 2.24. The number of hydrogen-bond donors (Lipinski definition) is 2. The summed E-state index contributed by atoms with van der Waals surface area (Å²) < 4.78 is 0. The van der Waals surface area contributed by atoms with Gasteiger partial charge in [0.15, 0.2) is 0 Å². The molecular formula is C12H11N3O2. The smallest absolute Gasteiger partial charge is 0.257 e. The second-order valence-electron chi connectivity index (χ2n) is 3.44. The van der Waals surface area contributed by atoms with E-state index in [1.807, 2.05) is 0 Å². The predicted octanol–water partition coefficient (Wildman–Crippen LogP) is 1.22. The molecule has 1 heterocycles. The first-order chi connectivity index (χ1) is 8.29. The van der Waals surface area contributed by atoms with Gasteiger partial charge in [-0.1, -0.05) is 12.1 Å². The number of amides is 1. The maximum atomic E-state index is 11.7. The number of hydrogen-bond acceptors (Lipinski definition) is 4. The van der Waals surface area contributed by atoms with E-state index < -0.39 is 0 Å². The van der Waals surface area contributed by atoms with Crippen LogP contribution in [0.25, 0.3) is 0 Å². The second-order valence-corrected chi connectivity index (χ2v) is 3.44. The molecule has 0 fully saturated rings. The predicted molar refractivity (Wildman–Crippen MR) is 62.4 cm³/mol. The van der Waals surface area contributed by atoms with Crippen LogP contribution in [0.5, 0.6) is 0 Å². The SMILES string of the molecule is O=C(Nc1ccc(CO)cc1)c1ccnnc1. The van der Waals surface area contributed by atoms with Crippen molar-refractivity contribution in [1.82, 2.24) is 10.2 Å². The summed E-state index contributed by atoms with van der Waals surface area (Å²) in [6.45, 7) is -0.0114. The van der Waals surface area contributed by atoms with Gasteiger partial charge >= 0.3 is 0 Å². The van der Waals surface area contributed by atoms with Gasteiger partial charge < -0.3 is 10.4 Å². The zero-order chi connectivity index (χ0) is 12.1. The minimum Gasteiger partial charge on any atom is -0.392 e. The van der Waals surface area contributed by atoms with E-state index in [0.29, 0.717) is 11.3 Å². The number of aliphatic hydroxyl groups is 1. The standard InChI is InChI=1S/C12H11N3O2/c16-8-9-1-3-11(4-2-9)15-12(17)10-5-6-13-14-7-10/h1-7,16H,8H2,(H,15,17). The van der Waals surface area contributed by atoms with Gasteiger partial charge in [0.2, 0.25) is 0 Å². The van der Waals surface area contributed by atoms with Crippen molar-refractivity contribution in [2.45, 2.75) is 6.61 Å². The minimum atomic E-state index is -0.239. The lowest BCUT2D eigenvalue weighted by atomic mass is 10.2. The van der Waals surface area contributed by atoms with Crippen LogP contribution in [0.3, 0.4) is 0 Å². The third kappa shape index (κ3) is 2.85. The van der Waals surface area contributed by atoms with Crippen LogP contribution < -0.4 is 5.32 Å². The Labute approximate surface area is 98.1 Å². The fourth-order valence-electron chi connectivity index (χ4n) is 1.32. The quantitative estimate of drug-likeness (QED) is 0.829. The third-order valence-corrected chi connectivity index (χ3v) is 2.24. The average Bonchev–Trinajstić information content (AvgIpc) is 2.40. The molecule has 5 nitrogen and oxygen atoms in total. The molecule has 5 heteroatoms. The molecular weight excluding hydrogens is 218 g/mol. The molecule has 17 heavy (non-hydrogen) atoms. The highest BCUT2D eigenvalue weighted by Gasteiger charge is 2.05. The van der Waals surface area contributed by atoms with Crippen molar-refractivity contribution >= 4 is 11.6 Å². The van der Waals surface area contributed by atoms with Crippen LogP contribution >= 0.6 is 0 Å². The largest absolute Gasteiger partial charge is 0.392 e. The summed E-state index contributed by atoms with van der Waals surface area (Å²) in [5.74, 6) is -0.239. The van der Waals surface area contributed by atoms with E-state index in [0.717, 1.165) is 5.56 Å². The zero-order valence-corrected chi connectivity index (χ0v) is 9.00. The molecule has 1 aromatic carbocycles. The highest BCUT2D eigenvalue weighted by molar-refractivity contribution is 6.03. The van der Waals surface area contributed by atoms with Gasteiger partial charge in [0, 0.05) is 5.69 Å². The van der Waals surface area contributed by atoms with Crippen LogP contribution in [0.4, 0.5) is 5.69 Å². The molecule has 86 valence electrons. The maximum Gasteiger partial charge on any atom is 0.257 e. The fourth-order valence-corrected chi connectivity index (χ4v) is 1.32. The van der Waals surface area contributed by atoms with Gasteiger partial charge in [0.05, 0.1) is 24.6 Å². The highest BCUT2D eigenvalue weighted by atomic mass is 16.3. The molecule has 0 radical (unpaired) electrons. The number of aromatic nitrogens is 2. The molecule has 0 aliphatic carbocycles. The second kappa shape index (κ2) is 5.18. The van der Waals surface area contributed by atoms with Gasteiger partial charge in [-0.2, -0.15) is 10.2 Å². The van der Waals surface area contributed by atoms with E-state index in [1.165, 1.54) is 12.4 Å². The summed E-state index contributed by atoms with van der Waals surface area (Å²) in [5.41, 5.74) is 1.92. The summed E-state index contributed by atoms with van der Waals surface area (Å²) >= 11 is 0. The first-order valence-corrected chi connectivity index (χ1v) is 5.07. The van der Waals surface area contributed by atoms with Gasteiger partial charge in [0.1, 0.15) is 0 Å². The Morgan fingerprint density at radius 2 is 1.94 bits per heavy atom. The molecule has 0 saturated heterocycles. The van der Waals surface area contributed by atoms with Gasteiger partial charge in [-0.05, 0) is 23.8 Å². The molecule has 1 amide bonds. The number of aliphatic hydroxyl groups excluding tert-OH is 1. The van der Waals surface area contributed by atoms with Crippen LogP contribution in [0.2, 0.25) is 0 Å². The molecule has 0 atom stereocenters. The average molecular weight is 229 g/mol. The molecule has 0 bridgehead atoms. The van der Waals surface area contributed by atoms with Gasteiger partial charge in [-0.25, -0.2) is 0 Å². The van der Waals surface area contributed by atoms with E-state index in [1.54, 1.807) is 30.3 Å². The van der Waals surface area contributed by atoms with Crippen molar-refractivity contribution in [1.29, 1.82) is 0 Å². The number of carbonyl (C=O) groups is 1. The fraction of sp³-hybridized carbons (Fsp3) is 0.0833. The molecule has 2 aromatic rings.